The molecule has 0 aromatic heterocycles. The lowest BCUT2D eigenvalue weighted by molar-refractivity contribution is -0.168. The number of hydrogen-bond acceptors (Lipinski definition) is 4. The smallest absolute Gasteiger partial charge is 0.323 e. The van der Waals surface area contributed by atoms with E-state index in [0.717, 1.165) is 0 Å². The number of esters is 2. The van der Waals surface area contributed by atoms with Crippen molar-refractivity contribution in [3.8, 4) is 0 Å². The lowest BCUT2D eigenvalue weighted by atomic mass is 9.83. The molecule has 1 unspecified atom stereocenters. The van der Waals surface area contributed by atoms with E-state index in [9.17, 15) is 14.0 Å². The van der Waals surface area contributed by atoms with Crippen LogP contribution in [0.25, 0.3) is 0 Å². The average Bonchev–Trinajstić information content (AvgIpc) is 2.81. The summed E-state index contributed by atoms with van der Waals surface area (Å²) in [5.41, 5.74) is -0.540. The molecule has 0 radical (unpaired) electrons. The van der Waals surface area contributed by atoms with E-state index in [1.165, 1.54) is 21.1 Å². The van der Waals surface area contributed by atoms with E-state index in [-0.39, 0.29) is 18.4 Å². The number of hydrogen-bond donors (Lipinski definition) is 0. The normalized spacial score (nSPS) is 18.8. The number of carbonyl (C=O) groups is 2. The maximum Gasteiger partial charge on any atom is 0.323 e. The highest BCUT2D eigenvalue weighted by atomic mass is 19.1. The summed E-state index contributed by atoms with van der Waals surface area (Å²) in [4.78, 5) is 23.6. The van der Waals surface area contributed by atoms with Gasteiger partial charge in [0.1, 0.15) is 6.17 Å². The summed E-state index contributed by atoms with van der Waals surface area (Å²) in [7, 11) is 2.41. The fourth-order valence-corrected chi connectivity index (χ4v) is 2.05. The molecule has 0 N–H and O–H groups in total. The van der Waals surface area contributed by atoms with Crippen molar-refractivity contribution >= 4 is 11.9 Å². The van der Waals surface area contributed by atoms with Gasteiger partial charge < -0.3 is 9.47 Å². The number of carbonyl (C=O) groups excluding carboxylic acids is 2. The standard InChI is InChI=1S/C13H17FO4/c1-8(9(2)14)10-5-6-13(7-10,11(15)17-3)12(16)18-4/h5,9H,1,6-7H2,2-4H3. The Morgan fingerprint density at radius 2 is 1.89 bits per heavy atom. The SMILES string of the molecule is C=C(C1=CCC(C(=O)OC)(C(=O)OC)C1)C(C)F. The molecule has 0 saturated carbocycles. The largest absolute Gasteiger partial charge is 0.468 e. The van der Waals surface area contributed by atoms with E-state index in [2.05, 4.69) is 16.1 Å². The van der Waals surface area contributed by atoms with Crippen LogP contribution in [0, 0.1) is 5.41 Å². The van der Waals surface area contributed by atoms with Gasteiger partial charge in [0.2, 0.25) is 0 Å². The molecule has 1 atom stereocenters. The van der Waals surface area contributed by atoms with Crippen molar-refractivity contribution in [1.29, 1.82) is 0 Å². The van der Waals surface area contributed by atoms with Crippen LogP contribution in [-0.4, -0.2) is 32.3 Å². The summed E-state index contributed by atoms with van der Waals surface area (Å²) in [5, 5.41) is 0. The fraction of sp³-hybridized carbons (Fsp3) is 0.538. The first kappa shape index (κ1) is 14.4. The third kappa shape index (κ3) is 2.30. The quantitative estimate of drug-likeness (QED) is 0.570. The van der Waals surface area contributed by atoms with Gasteiger partial charge in [-0.05, 0) is 30.9 Å². The van der Waals surface area contributed by atoms with Crippen molar-refractivity contribution in [2.45, 2.75) is 25.9 Å². The molecule has 0 heterocycles. The predicted octanol–water partition coefficient (Wildman–Crippen LogP) is 1.95. The van der Waals surface area contributed by atoms with E-state index < -0.39 is 23.5 Å². The number of ether oxygens (including phenoxy) is 2. The third-order valence-electron chi connectivity index (χ3n) is 3.23. The molecule has 1 aliphatic rings. The van der Waals surface area contributed by atoms with Crippen molar-refractivity contribution in [3.05, 3.63) is 23.8 Å². The first-order valence-corrected chi connectivity index (χ1v) is 5.58. The zero-order valence-electron chi connectivity index (χ0n) is 10.8. The van der Waals surface area contributed by atoms with Gasteiger partial charge in [-0.1, -0.05) is 12.7 Å². The van der Waals surface area contributed by atoms with Crippen LogP contribution in [0.3, 0.4) is 0 Å². The Morgan fingerprint density at radius 1 is 1.39 bits per heavy atom. The molecular formula is C13H17FO4. The molecule has 1 rings (SSSR count). The van der Waals surface area contributed by atoms with Crippen molar-refractivity contribution in [2.75, 3.05) is 14.2 Å². The van der Waals surface area contributed by atoms with Gasteiger partial charge >= 0.3 is 11.9 Å². The predicted molar refractivity (Wildman–Crippen MR) is 63.5 cm³/mol. The van der Waals surface area contributed by atoms with Crippen LogP contribution in [0.5, 0.6) is 0 Å². The Bertz CT molecular complexity index is 393. The van der Waals surface area contributed by atoms with Crippen LogP contribution >= 0.6 is 0 Å². The van der Waals surface area contributed by atoms with Crippen molar-refractivity contribution < 1.29 is 23.5 Å². The van der Waals surface area contributed by atoms with Gasteiger partial charge in [0.25, 0.3) is 0 Å². The van der Waals surface area contributed by atoms with Crippen molar-refractivity contribution in [2.24, 2.45) is 5.41 Å². The molecule has 100 valence electrons. The topological polar surface area (TPSA) is 52.6 Å². The first-order valence-electron chi connectivity index (χ1n) is 5.58. The summed E-state index contributed by atoms with van der Waals surface area (Å²) >= 11 is 0. The summed E-state index contributed by atoms with van der Waals surface area (Å²) in [6.45, 7) is 4.99. The lowest BCUT2D eigenvalue weighted by Crippen LogP contribution is -2.39. The minimum atomic E-state index is -1.39. The molecule has 0 bridgehead atoms. The average molecular weight is 256 g/mol. The Labute approximate surface area is 105 Å². The molecule has 0 aromatic carbocycles. The van der Waals surface area contributed by atoms with E-state index in [1.54, 1.807) is 6.08 Å². The maximum absolute atomic E-state index is 13.2. The summed E-state index contributed by atoms with van der Waals surface area (Å²) in [6.07, 6.45) is 0.640. The van der Waals surface area contributed by atoms with Crippen LogP contribution in [0.4, 0.5) is 4.39 Å². The Kier molecular flexibility index (Phi) is 4.27. The minimum absolute atomic E-state index is 0.0689. The molecule has 5 heteroatoms. The van der Waals surface area contributed by atoms with Crippen molar-refractivity contribution in [1.82, 2.24) is 0 Å². The highest BCUT2D eigenvalue weighted by Crippen LogP contribution is 2.42. The molecule has 4 nitrogen and oxygen atoms in total. The molecule has 0 saturated heterocycles. The van der Waals surface area contributed by atoms with E-state index in [4.69, 9.17) is 0 Å². The number of rotatable bonds is 4. The Hall–Kier alpha value is -1.65. The van der Waals surface area contributed by atoms with Gasteiger partial charge in [-0.15, -0.1) is 0 Å². The molecular weight excluding hydrogens is 239 g/mol. The lowest BCUT2D eigenvalue weighted by Gasteiger charge is -2.23. The van der Waals surface area contributed by atoms with Gasteiger partial charge in [0, 0.05) is 0 Å². The van der Waals surface area contributed by atoms with Crippen LogP contribution in [0.2, 0.25) is 0 Å². The third-order valence-corrected chi connectivity index (χ3v) is 3.23. The second kappa shape index (κ2) is 5.33. The second-order valence-corrected chi connectivity index (χ2v) is 4.32. The van der Waals surface area contributed by atoms with Gasteiger partial charge in [-0.25, -0.2) is 4.39 Å². The number of halogens is 1. The summed E-state index contributed by atoms with van der Waals surface area (Å²) < 4.78 is 22.5. The number of alkyl halides is 1. The van der Waals surface area contributed by atoms with Gasteiger partial charge in [0.15, 0.2) is 5.41 Å². The zero-order valence-corrected chi connectivity index (χ0v) is 10.8. The molecule has 0 spiro atoms. The molecule has 0 fully saturated rings. The zero-order chi connectivity index (χ0) is 13.9. The van der Waals surface area contributed by atoms with Crippen LogP contribution < -0.4 is 0 Å². The van der Waals surface area contributed by atoms with E-state index in [0.29, 0.717) is 5.57 Å². The van der Waals surface area contributed by atoms with Crippen molar-refractivity contribution in [3.63, 3.8) is 0 Å². The maximum atomic E-state index is 13.2. The van der Waals surface area contributed by atoms with E-state index in [1.807, 2.05) is 0 Å². The highest BCUT2D eigenvalue weighted by molar-refractivity contribution is 6.01. The molecule has 0 aromatic rings. The Morgan fingerprint density at radius 3 is 2.28 bits per heavy atom. The number of allylic oxidation sites excluding steroid dienone is 3. The summed E-state index contributed by atoms with van der Waals surface area (Å²) in [5.74, 6) is -1.33. The second-order valence-electron chi connectivity index (χ2n) is 4.32. The molecule has 1 aliphatic carbocycles. The van der Waals surface area contributed by atoms with Crippen LogP contribution in [0.15, 0.2) is 23.8 Å². The molecule has 18 heavy (non-hydrogen) atoms. The van der Waals surface area contributed by atoms with Gasteiger partial charge in [-0.3, -0.25) is 9.59 Å². The molecule has 0 aliphatic heterocycles. The monoisotopic (exact) mass is 256 g/mol. The summed E-state index contributed by atoms with van der Waals surface area (Å²) in [6, 6.07) is 0. The van der Waals surface area contributed by atoms with Gasteiger partial charge in [-0.2, -0.15) is 0 Å². The first-order chi connectivity index (χ1) is 8.39. The Balaban J connectivity index is 2.99. The highest BCUT2D eigenvalue weighted by Gasteiger charge is 2.51. The minimum Gasteiger partial charge on any atom is -0.468 e. The van der Waals surface area contributed by atoms with E-state index >= 15 is 0 Å². The van der Waals surface area contributed by atoms with Gasteiger partial charge in [0.05, 0.1) is 14.2 Å². The van der Waals surface area contributed by atoms with Crippen LogP contribution in [0.1, 0.15) is 19.8 Å². The number of methoxy groups -OCH3 is 2. The molecule has 0 amide bonds. The van der Waals surface area contributed by atoms with Crippen LogP contribution in [-0.2, 0) is 19.1 Å². The fourth-order valence-electron chi connectivity index (χ4n) is 2.05.